The lowest BCUT2D eigenvalue weighted by molar-refractivity contribution is 0.677. The molecule has 0 saturated heterocycles. The molecule has 1 saturated carbocycles. The molecule has 1 fully saturated rings. The highest BCUT2D eigenvalue weighted by Gasteiger charge is 2.32. The lowest BCUT2D eigenvalue weighted by atomic mass is 10.0. The van der Waals surface area contributed by atoms with Crippen LogP contribution in [0.5, 0.6) is 0 Å². The van der Waals surface area contributed by atoms with Crippen LogP contribution in [0.3, 0.4) is 0 Å². The summed E-state index contributed by atoms with van der Waals surface area (Å²) in [5.74, 6) is 0.798. The van der Waals surface area contributed by atoms with Crippen LogP contribution < -0.4 is 5.32 Å². The van der Waals surface area contributed by atoms with E-state index in [9.17, 15) is 0 Å². The first-order valence-electron chi connectivity index (χ1n) is 7.78. The van der Waals surface area contributed by atoms with Crippen molar-refractivity contribution in [2.45, 2.75) is 38.6 Å². The van der Waals surface area contributed by atoms with Gasteiger partial charge in [0.15, 0.2) is 0 Å². The standard InChI is InChI=1S/C19H23N/c1-2-8-15-9-6-7-12-18(15)20-19(17-13-14-17)16-10-4-3-5-11-16/h3-7,9-12,17,19-20H,2,8,13-14H2,1H3. The van der Waals surface area contributed by atoms with Crippen LogP contribution in [0.25, 0.3) is 0 Å². The summed E-state index contributed by atoms with van der Waals surface area (Å²) in [4.78, 5) is 0. The maximum Gasteiger partial charge on any atom is 0.0542 e. The molecule has 1 heteroatoms. The smallest absolute Gasteiger partial charge is 0.0542 e. The summed E-state index contributed by atoms with van der Waals surface area (Å²) in [6.45, 7) is 2.24. The molecule has 3 rings (SSSR count). The molecule has 0 heterocycles. The summed E-state index contributed by atoms with van der Waals surface area (Å²) >= 11 is 0. The van der Waals surface area contributed by atoms with Crippen LogP contribution in [0, 0.1) is 5.92 Å². The first-order chi connectivity index (χ1) is 9.88. The maximum absolute atomic E-state index is 3.81. The predicted molar refractivity (Wildman–Crippen MR) is 86.0 cm³/mol. The molecule has 0 amide bonds. The van der Waals surface area contributed by atoms with Gasteiger partial charge in [0, 0.05) is 5.69 Å². The molecule has 2 aromatic carbocycles. The molecule has 0 aliphatic heterocycles. The van der Waals surface area contributed by atoms with E-state index < -0.39 is 0 Å². The monoisotopic (exact) mass is 265 g/mol. The molecule has 0 bridgehead atoms. The van der Waals surface area contributed by atoms with E-state index in [0.717, 1.165) is 12.3 Å². The van der Waals surface area contributed by atoms with Gasteiger partial charge in [-0.15, -0.1) is 0 Å². The number of hydrogen-bond acceptors (Lipinski definition) is 1. The predicted octanol–water partition coefficient (Wildman–Crippen LogP) is 5.20. The maximum atomic E-state index is 3.81. The zero-order valence-corrected chi connectivity index (χ0v) is 12.2. The largest absolute Gasteiger partial charge is 0.378 e. The van der Waals surface area contributed by atoms with E-state index in [-0.39, 0.29) is 0 Å². The second kappa shape index (κ2) is 6.13. The molecule has 0 aromatic heterocycles. The van der Waals surface area contributed by atoms with Crippen molar-refractivity contribution in [2.75, 3.05) is 5.32 Å². The second-order valence-corrected chi connectivity index (χ2v) is 5.78. The van der Waals surface area contributed by atoms with Gasteiger partial charge >= 0.3 is 0 Å². The van der Waals surface area contributed by atoms with Gasteiger partial charge in [0.25, 0.3) is 0 Å². The number of hydrogen-bond donors (Lipinski definition) is 1. The minimum Gasteiger partial charge on any atom is -0.378 e. The van der Waals surface area contributed by atoms with Crippen molar-refractivity contribution >= 4 is 5.69 Å². The lowest BCUT2D eigenvalue weighted by Gasteiger charge is -2.22. The number of benzene rings is 2. The highest BCUT2D eigenvalue weighted by atomic mass is 14.9. The fourth-order valence-electron chi connectivity index (χ4n) is 2.88. The summed E-state index contributed by atoms with van der Waals surface area (Å²) in [6, 6.07) is 20.1. The molecule has 1 unspecified atom stereocenters. The SMILES string of the molecule is CCCc1ccccc1NC(c1ccccc1)C1CC1. The van der Waals surface area contributed by atoms with Gasteiger partial charge in [-0.2, -0.15) is 0 Å². The Morgan fingerprint density at radius 3 is 2.40 bits per heavy atom. The molecule has 104 valence electrons. The number of nitrogens with one attached hydrogen (secondary N) is 1. The minimum absolute atomic E-state index is 0.467. The fraction of sp³-hybridized carbons (Fsp3) is 0.368. The van der Waals surface area contributed by atoms with Crippen molar-refractivity contribution in [3.63, 3.8) is 0 Å². The molecular weight excluding hydrogens is 242 g/mol. The van der Waals surface area contributed by atoms with E-state index in [2.05, 4.69) is 66.8 Å². The normalized spacial score (nSPS) is 15.8. The Kier molecular flexibility index (Phi) is 4.05. The second-order valence-electron chi connectivity index (χ2n) is 5.78. The minimum atomic E-state index is 0.467. The van der Waals surface area contributed by atoms with Crippen LogP contribution in [-0.2, 0) is 6.42 Å². The van der Waals surface area contributed by atoms with Gasteiger partial charge in [-0.3, -0.25) is 0 Å². The van der Waals surface area contributed by atoms with Crippen LogP contribution in [0.2, 0.25) is 0 Å². The number of para-hydroxylation sites is 1. The van der Waals surface area contributed by atoms with E-state index in [4.69, 9.17) is 0 Å². The molecule has 1 N–H and O–H groups in total. The van der Waals surface area contributed by atoms with Gasteiger partial charge in [0.1, 0.15) is 0 Å². The molecule has 20 heavy (non-hydrogen) atoms. The van der Waals surface area contributed by atoms with Crippen molar-refractivity contribution in [3.8, 4) is 0 Å². The van der Waals surface area contributed by atoms with Crippen molar-refractivity contribution in [1.82, 2.24) is 0 Å². The van der Waals surface area contributed by atoms with E-state index in [1.165, 1.54) is 36.1 Å². The molecule has 1 nitrogen and oxygen atoms in total. The average Bonchev–Trinajstić information content (AvgIpc) is 3.32. The third-order valence-electron chi connectivity index (χ3n) is 4.10. The van der Waals surface area contributed by atoms with E-state index >= 15 is 0 Å². The average molecular weight is 265 g/mol. The summed E-state index contributed by atoms with van der Waals surface area (Å²) in [7, 11) is 0. The zero-order chi connectivity index (χ0) is 13.8. The number of aryl methyl sites for hydroxylation is 1. The van der Waals surface area contributed by atoms with Gasteiger partial charge < -0.3 is 5.32 Å². The summed E-state index contributed by atoms with van der Waals surface area (Å²) in [5.41, 5.74) is 4.17. The van der Waals surface area contributed by atoms with Gasteiger partial charge in [-0.25, -0.2) is 0 Å². The van der Waals surface area contributed by atoms with Crippen LogP contribution in [0.15, 0.2) is 54.6 Å². The molecular formula is C19H23N. The Labute approximate surface area is 122 Å². The Morgan fingerprint density at radius 1 is 1.00 bits per heavy atom. The zero-order valence-electron chi connectivity index (χ0n) is 12.2. The third kappa shape index (κ3) is 3.04. The van der Waals surface area contributed by atoms with Crippen LogP contribution in [0.1, 0.15) is 43.4 Å². The number of rotatable bonds is 6. The topological polar surface area (TPSA) is 12.0 Å². The first kappa shape index (κ1) is 13.2. The van der Waals surface area contributed by atoms with Gasteiger partial charge in [-0.05, 0) is 42.4 Å². The van der Waals surface area contributed by atoms with E-state index in [1.807, 2.05) is 0 Å². The van der Waals surface area contributed by atoms with Crippen molar-refractivity contribution < 1.29 is 0 Å². The highest BCUT2D eigenvalue weighted by Crippen LogP contribution is 2.43. The summed E-state index contributed by atoms with van der Waals surface area (Å²) in [6.07, 6.45) is 5.04. The lowest BCUT2D eigenvalue weighted by Crippen LogP contribution is -2.14. The Hall–Kier alpha value is -1.76. The molecule has 1 aliphatic rings. The van der Waals surface area contributed by atoms with Crippen LogP contribution in [-0.4, -0.2) is 0 Å². The Morgan fingerprint density at radius 2 is 1.70 bits per heavy atom. The van der Waals surface area contributed by atoms with E-state index in [0.29, 0.717) is 6.04 Å². The highest BCUT2D eigenvalue weighted by molar-refractivity contribution is 5.53. The quantitative estimate of drug-likeness (QED) is 0.756. The Balaban J connectivity index is 1.84. The molecule has 0 spiro atoms. The first-order valence-corrected chi connectivity index (χ1v) is 7.78. The Bertz CT molecular complexity index is 543. The van der Waals surface area contributed by atoms with Gasteiger partial charge in [0.2, 0.25) is 0 Å². The van der Waals surface area contributed by atoms with Gasteiger partial charge in [-0.1, -0.05) is 61.9 Å². The fourth-order valence-corrected chi connectivity index (χ4v) is 2.88. The third-order valence-corrected chi connectivity index (χ3v) is 4.10. The van der Waals surface area contributed by atoms with E-state index in [1.54, 1.807) is 0 Å². The molecule has 1 aliphatic carbocycles. The van der Waals surface area contributed by atoms with Crippen molar-refractivity contribution in [3.05, 3.63) is 65.7 Å². The summed E-state index contributed by atoms with van der Waals surface area (Å²) < 4.78 is 0. The molecule has 2 aromatic rings. The van der Waals surface area contributed by atoms with Crippen molar-refractivity contribution in [1.29, 1.82) is 0 Å². The van der Waals surface area contributed by atoms with Crippen LogP contribution in [0.4, 0.5) is 5.69 Å². The molecule has 1 atom stereocenters. The number of anilines is 1. The summed E-state index contributed by atoms with van der Waals surface area (Å²) in [5, 5.41) is 3.81. The van der Waals surface area contributed by atoms with Crippen molar-refractivity contribution in [2.24, 2.45) is 5.92 Å². The van der Waals surface area contributed by atoms with Crippen LogP contribution >= 0.6 is 0 Å². The molecule has 0 radical (unpaired) electrons. The van der Waals surface area contributed by atoms with Gasteiger partial charge in [0.05, 0.1) is 6.04 Å².